The highest BCUT2D eigenvalue weighted by Gasteiger charge is 2.61. The van der Waals surface area contributed by atoms with Crippen LogP contribution in [-0.4, -0.2) is 26.2 Å². The highest BCUT2D eigenvalue weighted by atomic mass is 19.2. The maximum Gasteiger partial charge on any atom is 0.330 e. The largest absolute Gasteiger partial charge is 0.466 e. The molecule has 1 aromatic rings. The van der Waals surface area contributed by atoms with Gasteiger partial charge in [-0.1, -0.05) is 19.9 Å². The van der Waals surface area contributed by atoms with Crippen LogP contribution in [0.5, 0.6) is 0 Å². The van der Waals surface area contributed by atoms with Gasteiger partial charge in [0, 0.05) is 13.2 Å². The smallest absolute Gasteiger partial charge is 0.330 e. The number of allylic oxidation sites excluding steroid dienone is 1. The van der Waals surface area contributed by atoms with E-state index in [0.717, 1.165) is 13.2 Å². The fourth-order valence-corrected chi connectivity index (χ4v) is 3.09. The van der Waals surface area contributed by atoms with Crippen molar-refractivity contribution >= 4 is 11.9 Å². The van der Waals surface area contributed by atoms with Gasteiger partial charge in [0.25, 0.3) is 0 Å². The number of rotatable bonds is 7. The molecular weight excluding hydrogens is 384 g/mol. The van der Waals surface area contributed by atoms with Crippen molar-refractivity contribution in [2.24, 2.45) is 17.3 Å². The molecule has 0 bridgehead atoms. The minimum Gasteiger partial charge on any atom is -0.466 e. The molecule has 5 nitrogen and oxygen atoms in total. The van der Waals surface area contributed by atoms with Gasteiger partial charge in [0.05, 0.1) is 30.8 Å². The van der Waals surface area contributed by atoms with Gasteiger partial charge in [-0.05, 0) is 11.3 Å². The van der Waals surface area contributed by atoms with E-state index in [0.29, 0.717) is 0 Å². The number of esters is 2. The van der Waals surface area contributed by atoms with Crippen molar-refractivity contribution in [2.75, 3.05) is 14.2 Å². The summed E-state index contributed by atoms with van der Waals surface area (Å²) in [5.74, 6) is -8.92. The molecule has 0 spiro atoms. The Morgan fingerprint density at radius 3 is 1.93 bits per heavy atom. The van der Waals surface area contributed by atoms with Crippen LogP contribution in [0, 0.1) is 40.5 Å². The molecule has 1 aliphatic carbocycles. The monoisotopic (exact) mass is 404 g/mol. The number of ether oxygens (including phenoxy) is 3. The number of benzene rings is 1. The normalized spacial score (nSPS) is 20.3. The number of hydrogen-bond acceptors (Lipinski definition) is 5. The topological polar surface area (TPSA) is 61.8 Å². The number of carbonyl (C=O) groups is 2. The van der Waals surface area contributed by atoms with Gasteiger partial charge < -0.3 is 14.2 Å². The van der Waals surface area contributed by atoms with Crippen molar-refractivity contribution in [1.29, 1.82) is 0 Å². The quantitative estimate of drug-likeness (QED) is 0.302. The molecule has 9 heteroatoms. The predicted molar refractivity (Wildman–Crippen MR) is 88.7 cm³/mol. The molecule has 1 aromatic carbocycles. The van der Waals surface area contributed by atoms with Crippen molar-refractivity contribution in [1.82, 2.24) is 0 Å². The zero-order chi connectivity index (χ0) is 21.2. The van der Waals surface area contributed by atoms with E-state index in [1.54, 1.807) is 13.8 Å². The number of methoxy groups -OCH3 is 2. The predicted octanol–water partition coefficient (Wildman–Crippen LogP) is 3.43. The summed E-state index contributed by atoms with van der Waals surface area (Å²) in [5, 5.41) is 0. The van der Waals surface area contributed by atoms with Crippen molar-refractivity contribution in [2.45, 2.75) is 27.1 Å². The van der Waals surface area contributed by atoms with Crippen molar-refractivity contribution < 1.29 is 41.4 Å². The molecule has 0 saturated heterocycles. The van der Waals surface area contributed by atoms with E-state index in [1.807, 2.05) is 0 Å². The first-order valence-corrected chi connectivity index (χ1v) is 8.33. The minimum absolute atomic E-state index is 0.355. The molecule has 1 aliphatic rings. The molecule has 1 fully saturated rings. The second-order valence-electron chi connectivity index (χ2n) is 6.96. The lowest BCUT2D eigenvalue weighted by atomic mass is 10.1. The van der Waals surface area contributed by atoms with Crippen LogP contribution < -0.4 is 0 Å². The minimum atomic E-state index is -1.64. The van der Waals surface area contributed by atoms with E-state index in [2.05, 4.69) is 9.47 Å². The molecule has 154 valence electrons. The molecule has 0 aromatic heterocycles. The first-order valence-electron chi connectivity index (χ1n) is 8.33. The highest BCUT2D eigenvalue weighted by molar-refractivity contribution is 5.83. The van der Waals surface area contributed by atoms with Gasteiger partial charge >= 0.3 is 11.9 Å². The Kier molecular flexibility index (Phi) is 6.48. The Morgan fingerprint density at radius 1 is 0.964 bits per heavy atom. The van der Waals surface area contributed by atoms with E-state index in [4.69, 9.17) is 4.74 Å². The van der Waals surface area contributed by atoms with Crippen LogP contribution in [0.25, 0.3) is 0 Å². The summed E-state index contributed by atoms with van der Waals surface area (Å²) in [6.07, 6.45) is 2.65. The van der Waals surface area contributed by atoms with Crippen LogP contribution in [0.2, 0.25) is 0 Å². The summed E-state index contributed by atoms with van der Waals surface area (Å²) < 4.78 is 69.9. The molecular formula is C19H20F4O5. The molecule has 0 radical (unpaired) electrons. The number of carbonyl (C=O) groups excluding carboxylic acids is 2. The third-order valence-electron chi connectivity index (χ3n) is 4.90. The molecule has 2 atom stereocenters. The molecule has 28 heavy (non-hydrogen) atoms. The van der Waals surface area contributed by atoms with Crippen LogP contribution in [0.1, 0.15) is 25.0 Å². The second kappa shape index (κ2) is 8.30. The molecule has 0 amide bonds. The van der Waals surface area contributed by atoms with Gasteiger partial charge in [0.2, 0.25) is 0 Å². The first-order chi connectivity index (χ1) is 13.1. The summed E-state index contributed by atoms with van der Waals surface area (Å²) in [6, 6.07) is 0. The van der Waals surface area contributed by atoms with Crippen molar-refractivity contribution in [3.05, 3.63) is 46.5 Å². The lowest BCUT2D eigenvalue weighted by molar-refractivity contribution is -0.147. The van der Waals surface area contributed by atoms with Crippen LogP contribution in [0.3, 0.4) is 0 Å². The highest BCUT2D eigenvalue weighted by Crippen LogP contribution is 2.59. The van der Waals surface area contributed by atoms with Crippen LogP contribution >= 0.6 is 0 Å². The molecule has 0 N–H and O–H groups in total. The Bertz CT molecular complexity index is 790. The fraction of sp³-hybridized carbons (Fsp3) is 0.474. The summed E-state index contributed by atoms with van der Waals surface area (Å²) in [5.41, 5.74) is -2.47. The summed E-state index contributed by atoms with van der Waals surface area (Å²) in [7, 11) is 2.32. The standard InChI is InChI=1S/C19H20F4O5/c1-19(2)11(5-6-12(24)27-4)13(19)18(25)28-8-10-16(22)14(20)9(7-26-3)15(21)17(10)23/h5-6,11,13H,7-8H2,1-4H3/b6-5+. The Balaban J connectivity index is 2.13. The van der Waals surface area contributed by atoms with Gasteiger partial charge in [-0.3, -0.25) is 4.79 Å². The molecule has 2 rings (SSSR count). The van der Waals surface area contributed by atoms with Gasteiger partial charge in [-0.15, -0.1) is 0 Å². The number of halogens is 4. The average molecular weight is 404 g/mol. The third kappa shape index (κ3) is 4.04. The van der Waals surface area contributed by atoms with Gasteiger partial charge in [-0.25, -0.2) is 22.4 Å². The summed E-state index contributed by atoms with van der Waals surface area (Å²) in [6.45, 7) is 1.85. The average Bonchev–Trinajstić information content (AvgIpc) is 3.21. The Labute approximate surface area is 159 Å². The van der Waals surface area contributed by atoms with E-state index < -0.39 is 70.9 Å². The molecule has 0 aliphatic heterocycles. The van der Waals surface area contributed by atoms with E-state index in [-0.39, 0.29) is 5.92 Å². The van der Waals surface area contributed by atoms with Crippen LogP contribution in [-0.2, 0) is 37.0 Å². The van der Waals surface area contributed by atoms with E-state index in [9.17, 15) is 27.2 Å². The maximum atomic E-state index is 14.1. The van der Waals surface area contributed by atoms with Gasteiger partial charge in [-0.2, -0.15) is 0 Å². The van der Waals surface area contributed by atoms with Gasteiger partial charge in [0.1, 0.15) is 6.61 Å². The molecule has 2 unspecified atom stereocenters. The van der Waals surface area contributed by atoms with Crippen molar-refractivity contribution in [3.63, 3.8) is 0 Å². The van der Waals surface area contributed by atoms with Crippen molar-refractivity contribution in [3.8, 4) is 0 Å². The SMILES string of the molecule is COCc1c(F)c(F)c(COC(=O)C2C(/C=C/C(=O)OC)C2(C)C)c(F)c1F. The lowest BCUT2D eigenvalue weighted by Gasteiger charge is -2.12. The van der Waals surface area contributed by atoms with Crippen LogP contribution in [0.15, 0.2) is 12.2 Å². The Morgan fingerprint density at radius 2 is 1.46 bits per heavy atom. The third-order valence-corrected chi connectivity index (χ3v) is 4.90. The molecule has 1 saturated carbocycles. The zero-order valence-corrected chi connectivity index (χ0v) is 15.8. The number of hydrogen-bond donors (Lipinski definition) is 0. The zero-order valence-electron chi connectivity index (χ0n) is 15.8. The molecule has 0 heterocycles. The lowest BCUT2D eigenvalue weighted by Crippen LogP contribution is -2.15. The maximum absolute atomic E-state index is 14.1. The Hall–Kier alpha value is -2.42. The summed E-state index contributed by atoms with van der Waals surface area (Å²) in [4.78, 5) is 23.4. The van der Waals surface area contributed by atoms with E-state index in [1.165, 1.54) is 13.2 Å². The first kappa shape index (κ1) is 21.9. The van der Waals surface area contributed by atoms with Gasteiger partial charge in [0.15, 0.2) is 23.3 Å². The fourth-order valence-electron chi connectivity index (χ4n) is 3.09. The summed E-state index contributed by atoms with van der Waals surface area (Å²) >= 11 is 0. The van der Waals surface area contributed by atoms with E-state index >= 15 is 0 Å². The second-order valence-corrected chi connectivity index (χ2v) is 6.96. The van der Waals surface area contributed by atoms with Crippen LogP contribution in [0.4, 0.5) is 17.6 Å².